The molecule has 0 saturated heterocycles. The van der Waals surface area contributed by atoms with Crippen LogP contribution in [0.5, 0.6) is 0 Å². The molecular formula is C6H10N2O2. The van der Waals surface area contributed by atoms with E-state index in [0.29, 0.717) is 12.1 Å². The molecule has 0 radical (unpaired) electrons. The van der Waals surface area contributed by atoms with E-state index in [1.54, 1.807) is 0 Å². The molecule has 0 aromatic rings. The minimum Gasteiger partial charge on any atom is -0.411 e. The Balaban J connectivity index is 2.68. The van der Waals surface area contributed by atoms with Crippen molar-refractivity contribution in [2.75, 3.05) is 0 Å². The molecule has 1 atom stereocenters. The predicted molar refractivity (Wildman–Crippen MR) is 35.8 cm³/mol. The Bertz CT molecular complexity index is 177. The van der Waals surface area contributed by atoms with Crippen molar-refractivity contribution in [2.24, 2.45) is 16.8 Å². The fourth-order valence-corrected chi connectivity index (χ4v) is 1.25. The van der Waals surface area contributed by atoms with Crippen molar-refractivity contribution in [3.05, 3.63) is 0 Å². The summed E-state index contributed by atoms with van der Waals surface area (Å²) < 4.78 is 0. The standard InChI is InChI=1S/C6H10N2O2/c7-6(9)4-2-1-3-5(4)8-10/h4,10H,1-3H2,(H2,7,9). The lowest BCUT2D eigenvalue weighted by Gasteiger charge is -2.01. The lowest BCUT2D eigenvalue weighted by Crippen LogP contribution is -2.26. The minimum absolute atomic E-state index is 0.315. The second kappa shape index (κ2) is 2.68. The normalized spacial score (nSPS) is 29.2. The molecular weight excluding hydrogens is 132 g/mol. The third-order valence-electron chi connectivity index (χ3n) is 1.80. The summed E-state index contributed by atoms with van der Waals surface area (Å²) in [5.74, 6) is -0.699. The van der Waals surface area contributed by atoms with E-state index in [1.807, 2.05) is 0 Å². The molecule has 56 valence electrons. The molecule has 4 nitrogen and oxygen atoms in total. The zero-order valence-corrected chi connectivity index (χ0v) is 5.58. The van der Waals surface area contributed by atoms with Crippen LogP contribution in [0.15, 0.2) is 5.16 Å². The number of rotatable bonds is 1. The summed E-state index contributed by atoms with van der Waals surface area (Å²) >= 11 is 0. The van der Waals surface area contributed by atoms with Crippen molar-refractivity contribution in [1.82, 2.24) is 0 Å². The monoisotopic (exact) mass is 142 g/mol. The van der Waals surface area contributed by atoms with E-state index in [2.05, 4.69) is 5.16 Å². The van der Waals surface area contributed by atoms with Gasteiger partial charge >= 0.3 is 0 Å². The van der Waals surface area contributed by atoms with E-state index in [0.717, 1.165) is 12.8 Å². The van der Waals surface area contributed by atoms with Gasteiger partial charge in [0.25, 0.3) is 0 Å². The van der Waals surface area contributed by atoms with E-state index in [-0.39, 0.29) is 11.8 Å². The molecule has 1 aliphatic carbocycles. The predicted octanol–water partition coefficient (Wildman–Crippen LogP) is 0.102. The highest BCUT2D eigenvalue weighted by Gasteiger charge is 2.27. The maximum atomic E-state index is 10.6. The van der Waals surface area contributed by atoms with Gasteiger partial charge in [-0.3, -0.25) is 4.79 Å². The van der Waals surface area contributed by atoms with Gasteiger partial charge in [0.1, 0.15) is 0 Å². The highest BCUT2D eigenvalue weighted by molar-refractivity contribution is 6.04. The average Bonchev–Trinajstić information content (AvgIpc) is 2.33. The van der Waals surface area contributed by atoms with Crippen molar-refractivity contribution in [1.29, 1.82) is 0 Å². The number of nitrogens with zero attached hydrogens (tertiary/aromatic N) is 1. The van der Waals surface area contributed by atoms with E-state index in [1.165, 1.54) is 0 Å². The number of nitrogens with two attached hydrogens (primary N) is 1. The highest BCUT2D eigenvalue weighted by atomic mass is 16.4. The Morgan fingerprint density at radius 1 is 1.80 bits per heavy atom. The molecule has 3 N–H and O–H groups in total. The summed E-state index contributed by atoms with van der Waals surface area (Å²) in [5, 5.41) is 11.4. The van der Waals surface area contributed by atoms with Gasteiger partial charge in [0, 0.05) is 0 Å². The molecule has 4 heteroatoms. The molecule has 0 bridgehead atoms. The number of carbonyl (C=O) groups is 1. The molecule has 0 aromatic carbocycles. The molecule has 1 aliphatic rings. The Labute approximate surface area is 58.7 Å². The van der Waals surface area contributed by atoms with Gasteiger partial charge in [0.2, 0.25) is 5.91 Å². The Morgan fingerprint density at radius 2 is 2.50 bits per heavy atom. The fourth-order valence-electron chi connectivity index (χ4n) is 1.25. The van der Waals surface area contributed by atoms with Crippen molar-refractivity contribution < 1.29 is 10.0 Å². The first-order valence-corrected chi connectivity index (χ1v) is 3.26. The molecule has 1 rings (SSSR count). The minimum atomic E-state index is -0.384. The average molecular weight is 142 g/mol. The van der Waals surface area contributed by atoms with Gasteiger partial charge in [-0.1, -0.05) is 5.16 Å². The summed E-state index contributed by atoms with van der Waals surface area (Å²) in [4.78, 5) is 10.6. The molecule has 0 spiro atoms. The van der Waals surface area contributed by atoms with E-state index >= 15 is 0 Å². The molecule has 1 saturated carbocycles. The van der Waals surface area contributed by atoms with Crippen LogP contribution in [0.2, 0.25) is 0 Å². The van der Waals surface area contributed by atoms with Crippen LogP contribution in [-0.4, -0.2) is 16.8 Å². The zero-order chi connectivity index (χ0) is 7.56. The first kappa shape index (κ1) is 7.05. The topological polar surface area (TPSA) is 75.7 Å². The van der Waals surface area contributed by atoms with Gasteiger partial charge in [-0.05, 0) is 19.3 Å². The smallest absolute Gasteiger partial charge is 0.226 e. The number of amides is 1. The van der Waals surface area contributed by atoms with Gasteiger partial charge in [-0.25, -0.2) is 0 Å². The number of primary amides is 1. The van der Waals surface area contributed by atoms with Crippen molar-refractivity contribution in [2.45, 2.75) is 19.3 Å². The summed E-state index contributed by atoms with van der Waals surface area (Å²) in [5.41, 5.74) is 5.57. The van der Waals surface area contributed by atoms with Gasteiger partial charge in [0.05, 0.1) is 11.6 Å². The lowest BCUT2D eigenvalue weighted by molar-refractivity contribution is -0.119. The molecule has 1 amide bonds. The maximum absolute atomic E-state index is 10.6. The molecule has 0 aromatic heterocycles. The molecule has 10 heavy (non-hydrogen) atoms. The maximum Gasteiger partial charge on any atom is 0.226 e. The van der Waals surface area contributed by atoms with Gasteiger partial charge in [-0.15, -0.1) is 0 Å². The summed E-state index contributed by atoms with van der Waals surface area (Å²) in [6.45, 7) is 0. The van der Waals surface area contributed by atoms with E-state index in [4.69, 9.17) is 10.9 Å². The zero-order valence-electron chi connectivity index (χ0n) is 5.58. The van der Waals surface area contributed by atoms with E-state index in [9.17, 15) is 4.79 Å². The first-order chi connectivity index (χ1) is 4.75. The number of hydrogen-bond donors (Lipinski definition) is 2. The number of carbonyl (C=O) groups excluding carboxylic acids is 1. The van der Waals surface area contributed by atoms with Gasteiger partial charge in [-0.2, -0.15) is 0 Å². The van der Waals surface area contributed by atoms with Crippen molar-refractivity contribution >= 4 is 11.6 Å². The summed E-state index contributed by atoms with van der Waals surface area (Å²) in [7, 11) is 0. The Morgan fingerprint density at radius 3 is 2.90 bits per heavy atom. The van der Waals surface area contributed by atoms with Crippen LogP contribution in [0.25, 0.3) is 0 Å². The van der Waals surface area contributed by atoms with Crippen LogP contribution in [0, 0.1) is 5.92 Å². The van der Waals surface area contributed by atoms with Crippen LogP contribution in [0.1, 0.15) is 19.3 Å². The molecule has 0 heterocycles. The second-order valence-corrected chi connectivity index (χ2v) is 2.44. The lowest BCUT2D eigenvalue weighted by atomic mass is 10.1. The second-order valence-electron chi connectivity index (χ2n) is 2.44. The van der Waals surface area contributed by atoms with Gasteiger partial charge < -0.3 is 10.9 Å². The third kappa shape index (κ3) is 1.10. The molecule has 0 aliphatic heterocycles. The van der Waals surface area contributed by atoms with Crippen molar-refractivity contribution in [3.8, 4) is 0 Å². The summed E-state index contributed by atoms with van der Waals surface area (Å²) in [6.07, 6.45) is 2.33. The summed E-state index contributed by atoms with van der Waals surface area (Å²) in [6, 6.07) is 0. The SMILES string of the molecule is NC(=O)C1CCCC1=NO. The molecule has 1 unspecified atom stereocenters. The quantitative estimate of drug-likeness (QED) is 0.402. The first-order valence-electron chi connectivity index (χ1n) is 3.26. The largest absolute Gasteiger partial charge is 0.411 e. The Hall–Kier alpha value is -1.06. The van der Waals surface area contributed by atoms with E-state index < -0.39 is 0 Å². The Kier molecular flexibility index (Phi) is 1.89. The fraction of sp³-hybridized carbons (Fsp3) is 0.667. The van der Waals surface area contributed by atoms with Crippen LogP contribution >= 0.6 is 0 Å². The van der Waals surface area contributed by atoms with Crippen LogP contribution in [-0.2, 0) is 4.79 Å². The van der Waals surface area contributed by atoms with Crippen LogP contribution in [0.3, 0.4) is 0 Å². The van der Waals surface area contributed by atoms with Crippen molar-refractivity contribution in [3.63, 3.8) is 0 Å². The third-order valence-corrected chi connectivity index (χ3v) is 1.80. The van der Waals surface area contributed by atoms with Crippen LogP contribution < -0.4 is 5.73 Å². The number of oxime groups is 1. The van der Waals surface area contributed by atoms with Gasteiger partial charge in [0.15, 0.2) is 0 Å². The number of hydrogen-bond acceptors (Lipinski definition) is 3. The van der Waals surface area contributed by atoms with Crippen LogP contribution in [0.4, 0.5) is 0 Å². The highest BCUT2D eigenvalue weighted by Crippen LogP contribution is 2.21. The molecule has 1 fully saturated rings.